The average Bonchev–Trinajstić information content (AvgIpc) is 3.25. The summed E-state index contributed by atoms with van der Waals surface area (Å²) >= 11 is 0. The molecule has 3 fully saturated rings. The van der Waals surface area contributed by atoms with Crippen LogP contribution in [0.25, 0.3) is 0 Å². The van der Waals surface area contributed by atoms with Gasteiger partial charge in [0.1, 0.15) is 0 Å². The second-order valence-electron chi connectivity index (χ2n) is 7.66. The average molecular weight is 370 g/mol. The monoisotopic (exact) mass is 369 g/mol. The first-order chi connectivity index (χ1) is 11.8. The Morgan fingerprint density at radius 2 is 2.20 bits per heavy atom. The van der Waals surface area contributed by atoms with Crippen molar-refractivity contribution in [1.82, 2.24) is 20.4 Å². The maximum Gasteiger partial charge on any atom is 0.0752 e. The van der Waals surface area contributed by atoms with Gasteiger partial charge in [-0.15, -0.1) is 12.4 Å². The first-order valence-electron chi connectivity index (χ1n) is 9.60. The van der Waals surface area contributed by atoms with Crippen molar-refractivity contribution in [3.8, 4) is 0 Å². The van der Waals surface area contributed by atoms with Gasteiger partial charge in [-0.1, -0.05) is 6.42 Å². The summed E-state index contributed by atoms with van der Waals surface area (Å²) in [6, 6.07) is 1.77. The van der Waals surface area contributed by atoms with Gasteiger partial charge in [-0.3, -0.25) is 4.68 Å². The quantitative estimate of drug-likeness (QED) is 0.843. The van der Waals surface area contributed by atoms with Crippen LogP contribution in [0.3, 0.4) is 0 Å². The Labute approximate surface area is 157 Å². The zero-order valence-electron chi connectivity index (χ0n) is 15.2. The lowest BCUT2D eigenvalue weighted by Gasteiger charge is -2.38. The summed E-state index contributed by atoms with van der Waals surface area (Å²) < 4.78 is 7.60. The Kier molecular flexibility index (Phi) is 6.61. The van der Waals surface area contributed by atoms with Gasteiger partial charge in [-0.25, -0.2) is 0 Å². The molecule has 142 valence electrons. The molecule has 4 unspecified atom stereocenters. The van der Waals surface area contributed by atoms with Crippen LogP contribution >= 0.6 is 12.4 Å². The third kappa shape index (κ3) is 4.48. The van der Waals surface area contributed by atoms with Crippen LogP contribution in [-0.4, -0.2) is 60.8 Å². The maximum atomic E-state index is 5.70. The van der Waals surface area contributed by atoms with E-state index in [2.05, 4.69) is 26.8 Å². The third-order valence-electron chi connectivity index (χ3n) is 5.96. The molecule has 0 amide bonds. The minimum atomic E-state index is 0. The number of aromatic nitrogens is 2. The third-order valence-corrected chi connectivity index (χ3v) is 5.96. The number of halogens is 1. The number of hydrogen-bond acceptors (Lipinski definition) is 5. The van der Waals surface area contributed by atoms with Crippen LogP contribution in [0.1, 0.15) is 32.1 Å². The molecule has 1 saturated carbocycles. The molecule has 0 spiro atoms. The fourth-order valence-corrected chi connectivity index (χ4v) is 4.76. The van der Waals surface area contributed by atoms with Gasteiger partial charge in [0, 0.05) is 51.0 Å². The topological polar surface area (TPSA) is 54.4 Å². The molecule has 0 aromatic carbocycles. The highest BCUT2D eigenvalue weighted by atomic mass is 35.5. The molecular weight excluding hydrogens is 338 g/mol. The molecule has 3 heterocycles. The summed E-state index contributed by atoms with van der Waals surface area (Å²) in [5.74, 6) is 0.721. The highest BCUT2D eigenvalue weighted by molar-refractivity contribution is 5.85. The van der Waals surface area contributed by atoms with Gasteiger partial charge in [-0.2, -0.15) is 5.10 Å². The molecule has 3 aliphatic rings. The van der Waals surface area contributed by atoms with Crippen molar-refractivity contribution in [3.63, 3.8) is 0 Å². The van der Waals surface area contributed by atoms with Crippen LogP contribution < -0.4 is 15.5 Å². The number of nitrogens with one attached hydrogen (secondary N) is 2. The standard InChI is InChI=1S/C18H31N5O.ClH/c1-22-12-15(10-20-22)23-8-3-4-14(11-23)21-17-6-2-5-16(17)18-13-24-9-7-19-18;/h10,12,14,16-19,21H,2-9,11,13H2,1H3;1H. The van der Waals surface area contributed by atoms with E-state index >= 15 is 0 Å². The second kappa shape index (κ2) is 8.71. The largest absolute Gasteiger partial charge is 0.379 e. The number of morpholine rings is 1. The number of piperidine rings is 1. The molecule has 1 aromatic heterocycles. The molecule has 2 N–H and O–H groups in total. The molecule has 4 atom stereocenters. The Morgan fingerprint density at radius 3 is 2.96 bits per heavy atom. The van der Waals surface area contributed by atoms with E-state index in [1.54, 1.807) is 0 Å². The normalized spacial score (nSPS) is 33.2. The molecular formula is C18H32ClN5O. The lowest BCUT2D eigenvalue weighted by atomic mass is 9.92. The van der Waals surface area contributed by atoms with E-state index in [0.29, 0.717) is 18.1 Å². The van der Waals surface area contributed by atoms with Crippen LogP contribution in [0, 0.1) is 5.92 Å². The number of rotatable bonds is 4. The van der Waals surface area contributed by atoms with Crippen LogP contribution in [0.2, 0.25) is 0 Å². The van der Waals surface area contributed by atoms with Gasteiger partial charge in [-0.05, 0) is 31.6 Å². The van der Waals surface area contributed by atoms with Crippen molar-refractivity contribution >= 4 is 18.1 Å². The van der Waals surface area contributed by atoms with Crippen molar-refractivity contribution in [3.05, 3.63) is 12.4 Å². The number of ether oxygens (including phenoxy) is 1. The summed E-state index contributed by atoms with van der Waals surface area (Å²) in [5.41, 5.74) is 1.26. The first kappa shape index (κ1) is 19.0. The van der Waals surface area contributed by atoms with Crippen molar-refractivity contribution in [2.75, 3.05) is 37.7 Å². The van der Waals surface area contributed by atoms with Gasteiger partial charge < -0.3 is 20.3 Å². The molecule has 1 aromatic rings. The predicted octanol–water partition coefficient (Wildman–Crippen LogP) is 1.56. The van der Waals surface area contributed by atoms with Crippen LogP contribution in [0.15, 0.2) is 12.4 Å². The predicted molar refractivity (Wildman–Crippen MR) is 103 cm³/mol. The zero-order valence-corrected chi connectivity index (χ0v) is 16.0. The fourth-order valence-electron chi connectivity index (χ4n) is 4.76. The van der Waals surface area contributed by atoms with E-state index in [1.807, 2.05) is 17.9 Å². The second-order valence-corrected chi connectivity index (χ2v) is 7.66. The van der Waals surface area contributed by atoms with E-state index in [-0.39, 0.29) is 12.4 Å². The molecule has 2 saturated heterocycles. The number of hydrogen-bond donors (Lipinski definition) is 2. The molecule has 4 rings (SSSR count). The molecule has 7 heteroatoms. The Hall–Kier alpha value is -0.820. The summed E-state index contributed by atoms with van der Waals surface area (Å²) in [7, 11) is 1.99. The van der Waals surface area contributed by atoms with E-state index in [4.69, 9.17) is 4.74 Å². The smallest absolute Gasteiger partial charge is 0.0752 e. The van der Waals surface area contributed by atoms with Crippen molar-refractivity contribution < 1.29 is 4.74 Å². The van der Waals surface area contributed by atoms with Crippen molar-refractivity contribution in [2.24, 2.45) is 13.0 Å². The van der Waals surface area contributed by atoms with E-state index in [0.717, 1.165) is 38.8 Å². The Morgan fingerprint density at radius 1 is 1.28 bits per heavy atom. The van der Waals surface area contributed by atoms with E-state index < -0.39 is 0 Å². The van der Waals surface area contributed by atoms with Crippen molar-refractivity contribution in [2.45, 2.75) is 50.2 Å². The Bertz CT molecular complexity index is 533. The van der Waals surface area contributed by atoms with Gasteiger partial charge in [0.15, 0.2) is 0 Å². The summed E-state index contributed by atoms with van der Waals surface area (Å²) in [5, 5.41) is 12.0. The van der Waals surface area contributed by atoms with Gasteiger partial charge in [0.05, 0.1) is 25.1 Å². The Balaban J connectivity index is 0.00000182. The highest BCUT2D eigenvalue weighted by Crippen LogP contribution is 2.31. The first-order valence-corrected chi connectivity index (χ1v) is 9.60. The maximum absolute atomic E-state index is 5.70. The molecule has 0 bridgehead atoms. The fraction of sp³-hybridized carbons (Fsp3) is 0.833. The van der Waals surface area contributed by atoms with Crippen LogP contribution in [0.4, 0.5) is 5.69 Å². The van der Waals surface area contributed by atoms with E-state index in [1.165, 1.54) is 37.8 Å². The number of nitrogens with zero attached hydrogens (tertiary/aromatic N) is 3. The van der Waals surface area contributed by atoms with Gasteiger partial charge in [0.25, 0.3) is 0 Å². The number of anilines is 1. The van der Waals surface area contributed by atoms with Crippen molar-refractivity contribution in [1.29, 1.82) is 0 Å². The van der Waals surface area contributed by atoms with Gasteiger partial charge >= 0.3 is 0 Å². The highest BCUT2D eigenvalue weighted by Gasteiger charge is 2.36. The van der Waals surface area contributed by atoms with Crippen LogP contribution in [-0.2, 0) is 11.8 Å². The summed E-state index contributed by atoms with van der Waals surface area (Å²) in [4.78, 5) is 2.49. The molecule has 0 radical (unpaired) electrons. The molecule has 6 nitrogen and oxygen atoms in total. The lowest BCUT2D eigenvalue weighted by molar-refractivity contribution is 0.0515. The number of aryl methyl sites for hydroxylation is 1. The SMILES string of the molecule is Cl.Cn1cc(N2CCCC(NC3CCCC3C3COCCN3)C2)cn1. The van der Waals surface area contributed by atoms with E-state index in [9.17, 15) is 0 Å². The van der Waals surface area contributed by atoms with Gasteiger partial charge in [0.2, 0.25) is 0 Å². The minimum absolute atomic E-state index is 0. The molecule has 1 aliphatic carbocycles. The lowest BCUT2D eigenvalue weighted by Crippen LogP contribution is -2.55. The summed E-state index contributed by atoms with van der Waals surface area (Å²) in [6.45, 7) is 5.00. The molecule has 2 aliphatic heterocycles. The zero-order chi connectivity index (χ0) is 16.4. The minimum Gasteiger partial charge on any atom is -0.379 e. The summed E-state index contributed by atoms with van der Waals surface area (Å²) in [6.07, 6.45) is 10.7. The molecule has 25 heavy (non-hydrogen) atoms. The van der Waals surface area contributed by atoms with Crippen LogP contribution in [0.5, 0.6) is 0 Å².